The van der Waals surface area contributed by atoms with Gasteiger partial charge >= 0.3 is 0 Å². The molecule has 0 saturated heterocycles. The van der Waals surface area contributed by atoms with E-state index in [1.165, 1.54) is 22.0 Å². The molecule has 0 radical (unpaired) electrons. The number of anilines is 2. The van der Waals surface area contributed by atoms with Crippen molar-refractivity contribution < 1.29 is 0 Å². The molecule has 0 fully saturated rings. The maximum absolute atomic E-state index is 4.67. The normalized spacial score (nSPS) is 11.0. The Bertz CT molecular complexity index is 1070. The largest absolute Gasteiger partial charge is 0.370 e. The van der Waals surface area contributed by atoms with Gasteiger partial charge in [0.05, 0.1) is 0 Å². The molecule has 0 spiro atoms. The Labute approximate surface area is 171 Å². The van der Waals surface area contributed by atoms with Gasteiger partial charge in [-0.15, -0.1) is 0 Å². The van der Waals surface area contributed by atoms with Gasteiger partial charge in [-0.25, -0.2) is 9.97 Å². The fourth-order valence-corrected chi connectivity index (χ4v) is 3.63. The van der Waals surface area contributed by atoms with Crippen molar-refractivity contribution in [1.29, 1.82) is 0 Å². The number of aromatic nitrogens is 3. The molecule has 4 aromatic rings. The summed E-state index contributed by atoms with van der Waals surface area (Å²) in [5.74, 6) is 2.61. The van der Waals surface area contributed by atoms with Gasteiger partial charge in [0.25, 0.3) is 0 Å². The van der Waals surface area contributed by atoms with E-state index in [0.717, 1.165) is 43.5 Å². The molecule has 29 heavy (non-hydrogen) atoms. The minimum atomic E-state index is 0.781. The molecule has 2 N–H and O–H groups in total. The maximum Gasteiger partial charge on any atom is 0.134 e. The lowest BCUT2D eigenvalue weighted by Crippen LogP contribution is -2.24. The summed E-state index contributed by atoms with van der Waals surface area (Å²) in [6.07, 6.45) is 3.03. The molecular weight excluding hydrogens is 358 g/mol. The van der Waals surface area contributed by atoms with Crippen molar-refractivity contribution in [2.75, 3.05) is 23.3 Å². The van der Waals surface area contributed by atoms with Crippen LogP contribution in [0.5, 0.6) is 0 Å². The van der Waals surface area contributed by atoms with Crippen LogP contribution >= 0.6 is 0 Å². The first kappa shape index (κ1) is 19.0. The summed E-state index contributed by atoms with van der Waals surface area (Å²) >= 11 is 0. The Morgan fingerprint density at radius 2 is 1.79 bits per heavy atom. The zero-order chi connectivity index (χ0) is 20.1. The summed E-state index contributed by atoms with van der Waals surface area (Å²) in [5, 5.41) is 4.77. The molecule has 0 aliphatic carbocycles. The maximum atomic E-state index is 4.67. The topological polar surface area (TPSA) is 56.8 Å². The highest BCUT2D eigenvalue weighted by Crippen LogP contribution is 2.20. The van der Waals surface area contributed by atoms with Crippen molar-refractivity contribution in [2.45, 2.75) is 26.8 Å². The van der Waals surface area contributed by atoms with E-state index in [0.29, 0.717) is 0 Å². The predicted octanol–water partition coefficient (Wildman–Crippen LogP) is 4.95. The molecule has 0 atom stereocenters. The lowest BCUT2D eigenvalue weighted by atomic mass is 10.1. The van der Waals surface area contributed by atoms with E-state index in [2.05, 4.69) is 92.9 Å². The number of aryl methyl sites for hydroxylation is 1. The van der Waals surface area contributed by atoms with Crippen molar-refractivity contribution in [1.82, 2.24) is 15.0 Å². The number of H-pyrrole nitrogens is 1. The van der Waals surface area contributed by atoms with E-state index < -0.39 is 0 Å². The minimum Gasteiger partial charge on any atom is -0.370 e. The Hall–Kier alpha value is -3.34. The Kier molecular flexibility index (Phi) is 5.75. The molecule has 5 heteroatoms. The molecular formula is C24H27N5. The molecule has 0 aliphatic rings. The standard InChI is InChI=1S/C24H27N5/c1-3-29(17-19-9-5-4-6-10-19)24-15-23(27-18(2)28-24)25-14-13-20-16-26-22-12-8-7-11-21(20)22/h4-12,15-16,26H,3,13-14,17H2,1-2H3,(H,25,27,28). The van der Waals surface area contributed by atoms with Crippen molar-refractivity contribution in [2.24, 2.45) is 0 Å². The second-order valence-corrected chi connectivity index (χ2v) is 7.19. The van der Waals surface area contributed by atoms with Gasteiger partial charge in [-0.3, -0.25) is 0 Å². The van der Waals surface area contributed by atoms with E-state index in [1.54, 1.807) is 0 Å². The average molecular weight is 386 g/mol. The third kappa shape index (κ3) is 4.57. The summed E-state index contributed by atoms with van der Waals surface area (Å²) < 4.78 is 0. The van der Waals surface area contributed by atoms with Crippen LogP contribution < -0.4 is 10.2 Å². The van der Waals surface area contributed by atoms with Crippen LogP contribution in [0.2, 0.25) is 0 Å². The highest BCUT2D eigenvalue weighted by Gasteiger charge is 2.10. The van der Waals surface area contributed by atoms with Crippen LogP contribution in [0.15, 0.2) is 66.9 Å². The van der Waals surface area contributed by atoms with E-state index in [9.17, 15) is 0 Å². The molecule has 0 unspecified atom stereocenters. The Balaban J connectivity index is 1.44. The molecule has 0 aliphatic heterocycles. The summed E-state index contributed by atoms with van der Waals surface area (Å²) in [7, 11) is 0. The van der Waals surface area contributed by atoms with Crippen LogP contribution in [-0.2, 0) is 13.0 Å². The third-order valence-corrected chi connectivity index (χ3v) is 5.12. The monoisotopic (exact) mass is 385 g/mol. The first-order chi connectivity index (χ1) is 14.2. The van der Waals surface area contributed by atoms with E-state index in [-0.39, 0.29) is 0 Å². The zero-order valence-corrected chi connectivity index (χ0v) is 17.0. The summed E-state index contributed by atoms with van der Waals surface area (Å²) in [5.41, 5.74) is 3.78. The summed E-state index contributed by atoms with van der Waals surface area (Å²) in [6.45, 7) is 6.65. The molecule has 148 valence electrons. The molecule has 2 heterocycles. The first-order valence-corrected chi connectivity index (χ1v) is 10.2. The van der Waals surface area contributed by atoms with Gasteiger partial charge < -0.3 is 15.2 Å². The number of nitrogens with one attached hydrogen (secondary N) is 2. The SMILES string of the molecule is CCN(Cc1ccccc1)c1cc(NCCc2c[nH]c3ccccc23)nc(C)n1. The van der Waals surface area contributed by atoms with Gasteiger partial charge in [-0.1, -0.05) is 48.5 Å². The lowest BCUT2D eigenvalue weighted by molar-refractivity contribution is 0.804. The Morgan fingerprint density at radius 1 is 1.00 bits per heavy atom. The molecule has 4 rings (SSSR count). The fourth-order valence-electron chi connectivity index (χ4n) is 3.63. The van der Waals surface area contributed by atoms with E-state index >= 15 is 0 Å². The van der Waals surface area contributed by atoms with E-state index in [4.69, 9.17) is 0 Å². The van der Waals surface area contributed by atoms with E-state index in [1.807, 2.05) is 13.0 Å². The van der Waals surface area contributed by atoms with Crippen LogP contribution in [0.1, 0.15) is 23.9 Å². The highest BCUT2D eigenvalue weighted by molar-refractivity contribution is 5.83. The average Bonchev–Trinajstić information content (AvgIpc) is 3.15. The molecule has 2 aromatic heterocycles. The zero-order valence-electron chi connectivity index (χ0n) is 17.0. The van der Waals surface area contributed by atoms with Gasteiger partial charge in [0.15, 0.2) is 0 Å². The number of para-hydroxylation sites is 1. The van der Waals surface area contributed by atoms with Crippen LogP contribution in [-0.4, -0.2) is 28.0 Å². The van der Waals surface area contributed by atoms with Gasteiger partial charge in [-0.05, 0) is 37.5 Å². The third-order valence-electron chi connectivity index (χ3n) is 5.12. The minimum absolute atomic E-state index is 0.781. The summed E-state index contributed by atoms with van der Waals surface area (Å²) in [4.78, 5) is 14.9. The van der Waals surface area contributed by atoms with Crippen molar-refractivity contribution in [3.63, 3.8) is 0 Å². The van der Waals surface area contributed by atoms with Gasteiger partial charge in [0.2, 0.25) is 0 Å². The fraction of sp³-hybridized carbons (Fsp3) is 0.250. The number of fused-ring (bicyclic) bond motifs is 1. The molecule has 0 bridgehead atoms. The first-order valence-electron chi connectivity index (χ1n) is 10.2. The Morgan fingerprint density at radius 3 is 2.62 bits per heavy atom. The molecule has 2 aromatic carbocycles. The number of rotatable bonds is 8. The number of hydrogen-bond acceptors (Lipinski definition) is 4. The molecule has 5 nitrogen and oxygen atoms in total. The van der Waals surface area contributed by atoms with Gasteiger partial charge in [-0.2, -0.15) is 0 Å². The van der Waals surface area contributed by atoms with Crippen LogP contribution in [0.25, 0.3) is 10.9 Å². The highest BCUT2D eigenvalue weighted by atomic mass is 15.2. The second-order valence-electron chi connectivity index (χ2n) is 7.19. The lowest BCUT2D eigenvalue weighted by Gasteiger charge is -2.23. The van der Waals surface area contributed by atoms with Crippen molar-refractivity contribution in [3.05, 3.63) is 83.8 Å². The molecule has 0 amide bonds. The predicted molar refractivity (Wildman–Crippen MR) is 120 cm³/mol. The molecule has 0 saturated carbocycles. The van der Waals surface area contributed by atoms with Crippen molar-refractivity contribution >= 4 is 22.5 Å². The van der Waals surface area contributed by atoms with Gasteiger partial charge in [0, 0.05) is 42.8 Å². The van der Waals surface area contributed by atoms with Crippen LogP contribution in [0.3, 0.4) is 0 Å². The number of hydrogen-bond donors (Lipinski definition) is 2. The van der Waals surface area contributed by atoms with Crippen LogP contribution in [0.4, 0.5) is 11.6 Å². The number of benzene rings is 2. The van der Waals surface area contributed by atoms with Crippen LogP contribution in [0, 0.1) is 6.92 Å². The number of aromatic amines is 1. The van der Waals surface area contributed by atoms with Crippen molar-refractivity contribution in [3.8, 4) is 0 Å². The van der Waals surface area contributed by atoms with Gasteiger partial charge in [0.1, 0.15) is 17.5 Å². The quantitative estimate of drug-likeness (QED) is 0.451. The number of nitrogens with zero attached hydrogens (tertiary/aromatic N) is 3. The smallest absolute Gasteiger partial charge is 0.134 e. The summed E-state index contributed by atoms with van der Waals surface area (Å²) in [6, 6.07) is 21.0. The second kappa shape index (κ2) is 8.78.